The number of thiol groups is 1. The van der Waals surface area contributed by atoms with E-state index in [0.717, 1.165) is 16.3 Å². The van der Waals surface area contributed by atoms with E-state index in [1.807, 2.05) is 35.9 Å². The molecule has 2 aromatic rings. The molecule has 72 valence electrons. The van der Waals surface area contributed by atoms with Gasteiger partial charge in [0, 0.05) is 12.1 Å². The number of imidazole rings is 1. The Hall–Kier alpha value is -0.930. The molecule has 2 nitrogen and oxygen atoms in total. The molecule has 0 aliphatic heterocycles. The second-order valence-electron chi connectivity index (χ2n) is 3.01. The average Bonchev–Trinajstić information content (AvgIpc) is 2.50. The zero-order valence-corrected chi connectivity index (χ0v) is 9.26. The van der Waals surface area contributed by atoms with Crippen molar-refractivity contribution in [2.75, 3.05) is 0 Å². The van der Waals surface area contributed by atoms with E-state index >= 15 is 0 Å². The van der Waals surface area contributed by atoms with Gasteiger partial charge in [-0.15, -0.1) is 12.6 Å². The first kappa shape index (κ1) is 9.62. The Balaban J connectivity index is 2.49. The summed E-state index contributed by atoms with van der Waals surface area (Å²) in [6.45, 7) is 0. The lowest BCUT2D eigenvalue weighted by molar-refractivity contribution is 0.801. The summed E-state index contributed by atoms with van der Waals surface area (Å²) in [5.41, 5.74) is 2.12. The summed E-state index contributed by atoms with van der Waals surface area (Å²) in [5, 5.41) is 1.44. The van der Waals surface area contributed by atoms with Gasteiger partial charge in [0.2, 0.25) is 0 Å². The van der Waals surface area contributed by atoms with Crippen molar-refractivity contribution < 1.29 is 0 Å². The first-order valence-corrected chi connectivity index (χ1v) is 4.97. The fraction of sp³-hybridized carbons (Fsp3) is 0.100. The van der Waals surface area contributed by atoms with Gasteiger partial charge in [0.05, 0.1) is 11.9 Å². The van der Waals surface area contributed by atoms with Gasteiger partial charge in [0.15, 0.2) is 5.16 Å². The molecule has 14 heavy (non-hydrogen) atoms. The van der Waals surface area contributed by atoms with Gasteiger partial charge in [-0.1, -0.05) is 23.7 Å². The smallest absolute Gasteiger partial charge is 0.165 e. The second kappa shape index (κ2) is 3.67. The number of aromatic nitrogens is 2. The summed E-state index contributed by atoms with van der Waals surface area (Å²) in [6, 6.07) is 7.66. The molecule has 0 radical (unpaired) electrons. The number of hydrogen-bond donors (Lipinski definition) is 1. The maximum atomic E-state index is 5.81. The van der Waals surface area contributed by atoms with E-state index in [1.165, 1.54) is 0 Å². The van der Waals surface area contributed by atoms with Crippen LogP contribution in [0.1, 0.15) is 0 Å². The Morgan fingerprint density at radius 1 is 1.29 bits per heavy atom. The summed E-state index contributed by atoms with van der Waals surface area (Å²) >= 11 is 10.0. The second-order valence-corrected chi connectivity index (χ2v) is 3.85. The van der Waals surface area contributed by atoms with Crippen molar-refractivity contribution in [3.05, 3.63) is 35.5 Å². The molecule has 0 spiro atoms. The number of hydrogen-bond acceptors (Lipinski definition) is 2. The predicted octanol–water partition coefficient (Wildman–Crippen LogP) is 3.03. The van der Waals surface area contributed by atoms with Crippen LogP contribution in [0.3, 0.4) is 0 Å². The van der Waals surface area contributed by atoms with Crippen LogP contribution in [0.5, 0.6) is 0 Å². The molecule has 0 aliphatic rings. The highest BCUT2D eigenvalue weighted by molar-refractivity contribution is 7.80. The van der Waals surface area contributed by atoms with Gasteiger partial charge < -0.3 is 4.57 Å². The molecule has 0 N–H and O–H groups in total. The van der Waals surface area contributed by atoms with Gasteiger partial charge in [0.1, 0.15) is 0 Å². The Labute approximate surface area is 93.0 Å². The van der Waals surface area contributed by atoms with E-state index in [0.29, 0.717) is 5.16 Å². The molecule has 0 saturated heterocycles. The molecule has 0 amide bonds. The van der Waals surface area contributed by atoms with Crippen LogP contribution in [0.15, 0.2) is 35.6 Å². The van der Waals surface area contributed by atoms with Crippen LogP contribution in [0, 0.1) is 0 Å². The van der Waals surface area contributed by atoms with E-state index in [2.05, 4.69) is 17.6 Å². The number of rotatable bonds is 1. The number of benzene rings is 1. The van der Waals surface area contributed by atoms with Gasteiger partial charge in [-0.2, -0.15) is 0 Å². The predicted molar refractivity (Wildman–Crippen MR) is 60.9 cm³/mol. The highest BCUT2D eigenvalue weighted by Gasteiger charge is 2.04. The van der Waals surface area contributed by atoms with Crippen LogP contribution >= 0.6 is 24.2 Å². The van der Waals surface area contributed by atoms with Crippen LogP contribution in [-0.2, 0) is 7.05 Å². The average molecular weight is 225 g/mol. The molecule has 0 saturated carbocycles. The molecule has 1 heterocycles. The van der Waals surface area contributed by atoms with Gasteiger partial charge in [-0.05, 0) is 17.7 Å². The molecule has 1 aromatic carbocycles. The minimum absolute atomic E-state index is 0.704. The molecule has 0 aliphatic carbocycles. The lowest BCUT2D eigenvalue weighted by atomic mass is 10.2. The zero-order chi connectivity index (χ0) is 10.1. The first-order valence-electron chi connectivity index (χ1n) is 4.15. The van der Waals surface area contributed by atoms with Crippen molar-refractivity contribution in [3.8, 4) is 11.3 Å². The first-order chi connectivity index (χ1) is 6.68. The summed E-state index contributed by atoms with van der Waals surface area (Å²) in [7, 11) is 1.93. The minimum Gasteiger partial charge on any atom is -0.322 e. The van der Waals surface area contributed by atoms with Crippen LogP contribution in [0.2, 0.25) is 5.02 Å². The van der Waals surface area contributed by atoms with Gasteiger partial charge >= 0.3 is 0 Å². The third-order valence-electron chi connectivity index (χ3n) is 2.10. The van der Waals surface area contributed by atoms with Crippen LogP contribution in [0.25, 0.3) is 11.3 Å². The standard InChI is InChI=1S/C10H9ClN2S/c1-13-9(6-12-10(13)14)7-2-4-8(11)5-3-7/h2-6H,1H3,(H,12,14). The Kier molecular flexibility index (Phi) is 2.52. The van der Waals surface area contributed by atoms with Crippen LogP contribution < -0.4 is 0 Å². The van der Waals surface area contributed by atoms with Crippen molar-refractivity contribution in [3.63, 3.8) is 0 Å². The van der Waals surface area contributed by atoms with Crippen molar-refractivity contribution >= 4 is 24.2 Å². The largest absolute Gasteiger partial charge is 0.322 e. The highest BCUT2D eigenvalue weighted by Crippen LogP contribution is 2.22. The summed E-state index contributed by atoms with van der Waals surface area (Å²) in [6.07, 6.45) is 1.80. The van der Waals surface area contributed by atoms with Crippen molar-refractivity contribution in [2.45, 2.75) is 5.16 Å². The molecule has 0 bridgehead atoms. The van der Waals surface area contributed by atoms with Crippen molar-refractivity contribution in [1.82, 2.24) is 9.55 Å². The van der Waals surface area contributed by atoms with Gasteiger partial charge in [-0.25, -0.2) is 4.98 Å². The monoisotopic (exact) mass is 224 g/mol. The van der Waals surface area contributed by atoms with E-state index < -0.39 is 0 Å². The Morgan fingerprint density at radius 2 is 1.93 bits per heavy atom. The third-order valence-corrected chi connectivity index (χ3v) is 2.77. The summed E-state index contributed by atoms with van der Waals surface area (Å²) < 4.78 is 1.92. The minimum atomic E-state index is 0.704. The maximum absolute atomic E-state index is 5.81. The quantitative estimate of drug-likeness (QED) is 0.738. The Morgan fingerprint density at radius 3 is 2.43 bits per heavy atom. The molecule has 4 heteroatoms. The normalized spacial score (nSPS) is 10.5. The molecule has 0 unspecified atom stereocenters. The number of halogens is 1. The molecule has 0 fully saturated rings. The van der Waals surface area contributed by atoms with Crippen LogP contribution in [-0.4, -0.2) is 9.55 Å². The van der Waals surface area contributed by atoms with Gasteiger partial charge in [0.25, 0.3) is 0 Å². The van der Waals surface area contributed by atoms with Crippen molar-refractivity contribution in [2.24, 2.45) is 7.05 Å². The lowest BCUT2D eigenvalue weighted by Gasteiger charge is -2.02. The SMILES string of the molecule is Cn1c(-c2ccc(Cl)cc2)cnc1S. The summed E-state index contributed by atoms with van der Waals surface area (Å²) in [5.74, 6) is 0. The van der Waals surface area contributed by atoms with E-state index in [-0.39, 0.29) is 0 Å². The fourth-order valence-corrected chi connectivity index (χ4v) is 1.58. The van der Waals surface area contributed by atoms with Gasteiger partial charge in [-0.3, -0.25) is 0 Å². The summed E-state index contributed by atoms with van der Waals surface area (Å²) in [4.78, 5) is 4.11. The topological polar surface area (TPSA) is 17.8 Å². The van der Waals surface area contributed by atoms with Crippen LogP contribution in [0.4, 0.5) is 0 Å². The zero-order valence-electron chi connectivity index (χ0n) is 7.61. The Bertz CT molecular complexity index is 448. The van der Waals surface area contributed by atoms with E-state index in [9.17, 15) is 0 Å². The maximum Gasteiger partial charge on any atom is 0.165 e. The fourth-order valence-electron chi connectivity index (χ4n) is 1.29. The molecular weight excluding hydrogens is 216 g/mol. The lowest BCUT2D eigenvalue weighted by Crippen LogP contribution is -1.91. The molecule has 2 rings (SSSR count). The molecule has 1 aromatic heterocycles. The third kappa shape index (κ3) is 1.65. The molecular formula is C10H9ClN2S. The van der Waals surface area contributed by atoms with E-state index in [4.69, 9.17) is 11.6 Å². The molecule has 0 atom stereocenters. The van der Waals surface area contributed by atoms with Crippen molar-refractivity contribution in [1.29, 1.82) is 0 Å². The highest BCUT2D eigenvalue weighted by atomic mass is 35.5. The number of nitrogens with zero attached hydrogens (tertiary/aromatic N) is 2. The van der Waals surface area contributed by atoms with E-state index in [1.54, 1.807) is 6.20 Å².